The minimum atomic E-state index is -0.915. The van der Waals surface area contributed by atoms with Crippen LogP contribution in [0.3, 0.4) is 0 Å². The zero-order valence-electron chi connectivity index (χ0n) is 13.6. The number of carbonyl (C=O) groups is 2. The summed E-state index contributed by atoms with van der Waals surface area (Å²) < 4.78 is 19.6. The summed E-state index contributed by atoms with van der Waals surface area (Å²) in [5.74, 6) is -1.12. The fourth-order valence-corrected chi connectivity index (χ4v) is 2.90. The van der Waals surface area contributed by atoms with Crippen molar-refractivity contribution in [3.05, 3.63) is 65.0 Å². The molecule has 2 aromatic rings. The Morgan fingerprint density at radius 3 is 2.76 bits per heavy atom. The average molecular weight is 343 g/mol. The Hall–Kier alpha value is -2.89. The topological polar surface area (TPSA) is 66.8 Å². The van der Waals surface area contributed by atoms with Gasteiger partial charge in [-0.15, -0.1) is 0 Å². The molecule has 6 heteroatoms. The highest BCUT2D eigenvalue weighted by atomic mass is 19.1. The molecule has 1 heterocycles. The molecule has 25 heavy (non-hydrogen) atoms. The van der Waals surface area contributed by atoms with Gasteiger partial charge in [0.25, 0.3) is 5.91 Å². The minimum Gasteiger partial charge on any atom is -0.491 e. The van der Waals surface area contributed by atoms with Gasteiger partial charge < -0.3 is 14.7 Å². The fourth-order valence-electron chi connectivity index (χ4n) is 2.90. The molecule has 130 valence electrons. The van der Waals surface area contributed by atoms with Crippen molar-refractivity contribution in [2.45, 2.75) is 19.4 Å². The quantitative estimate of drug-likeness (QED) is 0.927. The van der Waals surface area contributed by atoms with E-state index in [2.05, 4.69) is 0 Å². The number of benzene rings is 2. The van der Waals surface area contributed by atoms with Gasteiger partial charge in [-0.1, -0.05) is 24.3 Å². The summed E-state index contributed by atoms with van der Waals surface area (Å²) >= 11 is 0. The van der Waals surface area contributed by atoms with Crippen molar-refractivity contribution in [1.29, 1.82) is 0 Å². The molecule has 0 unspecified atom stereocenters. The number of ether oxygens (including phenoxy) is 1. The maximum absolute atomic E-state index is 14.1. The van der Waals surface area contributed by atoms with Crippen LogP contribution in [-0.4, -0.2) is 35.0 Å². The van der Waals surface area contributed by atoms with Crippen LogP contribution in [-0.2, 0) is 17.8 Å². The van der Waals surface area contributed by atoms with Crippen molar-refractivity contribution in [3.63, 3.8) is 0 Å². The zero-order chi connectivity index (χ0) is 17.8. The SMILES string of the molecule is O=C(O)CCc1ccccc1C(=O)N1CCOc2cccc(F)c2C1. The maximum Gasteiger partial charge on any atom is 0.303 e. The van der Waals surface area contributed by atoms with E-state index in [9.17, 15) is 14.0 Å². The Morgan fingerprint density at radius 2 is 1.96 bits per heavy atom. The number of aliphatic carboxylic acids is 1. The van der Waals surface area contributed by atoms with E-state index in [4.69, 9.17) is 9.84 Å². The Kier molecular flexibility index (Phi) is 4.97. The first kappa shape index (κ1) is 17.0. The third-order valence-electron chi connectivity index (χ3n) is 4.19. The lowest BCUT2D eigenvalue weighted by molar-refractivity contribution is -0.136. The van der Waals surface area contributed by atoms with Crippen LogP contribution >= 0.6 is 0 Å². The molecule has 0 saturated heterocycles. The molecule has 0 atom stereocenters. The second-order valence-electron chi connectivity index (χ2n) is 5.84. The van der Waals surface area contributed by atoms with Gasteiger partial charge in [0.05, 0.1) is 13.1 Å². The van der Waals surface area contributed by atoms with Crippen molar-refractivity contribution < 1.29 is 23.8 Å². The van der Waals surface area contributed by atoms with Gasteiger partial charge in [0.15, 0.2) is 0 Å². The standard InChI is InChI=1S/C19H18FNO4/c20-16-6-3-7-17-15(16)12-21(10-11-25-17)19(24)14-5-2-1-4-13(14)8-9-18(22)23/h1-7H,8-12H2,(H,22,23). The van der Waals surface area contributed by atoms with Gasteiger partial charge in [-0.2, -0.15) is 0 Å². The molecule has 1 aliphatic heterocycles. The van der Waals surface area contributed by atoms with Crippen molar-refractivity contribution in [2.24, 2.45) is 0 Å². The second kappa shape index (κ2) is 7.34. The van der Waals surface area contributed by atoms with Crippen molar-refractivity contribution >= 4 is 11.9 Å². The van der Waals surface area contributed by atoms with Crippen LogP contribution in [0.5, 0.6) is 5.75 Å². The average Bonchev–Trinajstić information content (AvgIpc) is 2.83. The maximum atomic E-state index is 14.1. The second-order valence-corrected chi connectivity index (χ2v) is 5.84. The van der Waals surface area contributed by atoms with E-state index in [0.29, 0.717) is 29.0 Å². The molecular formula is C19H18FNO4. The van der Waals surface area contributed by atoms with Crippen LogP contribution in [0.2, 0.25) is 0 Å². The largest absolute Gasteiger partial charge is 0.491 e. The number of carbonyl (C=O) groups excluding carboxylic acids is 1. The first-order chi connectivity index (χ1) is 12.1. The van der Waals surface area contributed by atoms with E-state index in [1.165, 1.54) is 11.0 Å². The molecule has 0 bridgehead atoms. The highest BCUT2D eigenvalue weighted by Gasteiger charge is 2.24. The summed E-state index contributed by atoms with van der Waals surface area (Å²) in [5.41, 5.74) is 1.48. The Morgan fingerprint density at radius 1 is 1.16 bits per heavy atom. The smallest absolute Gasteiger partial charge is 0.303 e. The number of carboxylic acids is 1. The van der Waals surface area contributed by atoms with Gasteiger partial charge in [0.2, 0.25) is 0 Å². The Bertz CT molecular complexity index is 806. The number of hydrogen-bond donors (Lipinski definition) is 1. The van der Waals surface area contributed by atoms with E-state index in [-0.39, 0.29) is 31.9 Å². The van der Waals surface area contributed by atoms with Gasteiger partial charge in [-0.05, 0) is 30.2 Å². The van der Waals surface area contributed by atoms with Crippen LogP contribution < -0.4 is 4.74 Å². The molecule has 2 aromatic carbocycles. The molecule has 0 radical (unpaired) electrons. The minimum absolute atomic E-state index is 0.0507. The van der Waals surface area contributed by atoms with Crippen molar-refractivity contribution in [1.82, 2.24) is 4.90 Å². The molecule has 5 nitrogen and oxygen atoms in total. The Balaban J connectivity index is 1.86. The third-order valence-corrected chi connectivity index (χ3v) is 4.19. The van der Waals surface area contributed by atoms with E-state index in [0.717, 1.165) is 0 Å². The van der Waals surface area contributed by atoms with Gasteiger partial charge in [-0.25, -0.2) is 4.39 Å². The summed E-state index contributed by atoms with van der Waals surface area (Å²) in [7, 11) is 0. The van der Waals surface area contributed by atoms with E-state index >= 15 is 0 Å². The highest BCUT2D eigenvalue weighted by Crippen LogP contribution is 2.26. The lowest BCUT2D eigenvalue weighted by Crippen LogP contribution is -2.33. The van der Waals surface area contributed by atoms with Gasteiger partial charge >= 0.3 is 5.97 Å². The van der Waals surface area contributed by atoms with Crippen LogP contribution in [0.15, 0.2) is 42.5 Å². The van der Waals surface area contributed by atoms with Crippen LogP contribution in [0.25, 0.3) is 0 Å². The normalized spacial score (nSPS) is 13.6. The number of fused-ring (bicyclic) bond motifs is 1. The number of amides is 1. The third kappa shape index (κ3) is 3.79. The monoisotopic (exact) mass is 343 g/mol. The van der Waals surface area contributed by atoms with Crippen molar-refractivity contribution in [3.8, 4) is 5.75 Å². The summed E-state index contributed by atoms with van der Waals surface area (Å²) in [5, 5.41) is 8.88. The first-order valence-corrected chi connectivity index (χ1v) is 8.05. The van der Waals surface area contributed by atoms with Gasteiger partial charge in [0.1, 0.15) is 18.2 Å². The molecular weight excluding hydrogens is 325 g/mol. The number of halogens is 1. The van der Waals surface area contributed by atoms with Gasteiger partial charge in [0, 0.05) is 17.5 Å². The van der Waals surface area contributed by atoms with E-state index in [1.807, 2.05) is 0 Å². The Labute approximate surface area is 144 Å². The first-order valence-electron chi connectivity index (χ1n) is 8.05. The number of hydrogen-bond acceptors (Lipinski definition) is 3. The summed E-state index contributed by atoms with van der Waals surface area (Å²) in [6.45, 7) is 0.730. The molecule has 0 spiro atoms. The van der Waals surface area contributed by atoms with Gasteiger partial charge in [-0.3, -0.25) is 9.59 Å². The molecule has 0 saturated carbocycles. The molecule has 0 fully saturated rings. The number of nitrogens with zero attached hydrogens (tertiary/aromatic N) is 1. The number of carboxylic acid groups (broad SMARTS) is 1. The number of rotatable bonds is 4. The molecule has 3 rings (SSSR count). The fraction of sp³-hybridized carbons (Fsp3) is 0.263. The molecule has 1 aliphatic rings. The summed E-state index contributed by atoms with van der Waals surface area (Å²) in [6.07, 6.45) is 0.220. The summed E-state index contributed by atoms with van der Waals surface area (Å²) in [4.78, 5) is 25.3. The van der Waals surface area contributed by atoms with E-state index in [1.54, 1.807) is 36.4 Å². The number of aryl methyl sites for hydroxylation is 1. The van der Waals surface area contributed by atoms with E-state index < -0.39 is 11.8 Å². The lowest BCUT2D eigenvalue weighted by Gasteiger charge is -2.21. The predicted octanol–water partition coefficient (Wildman–Crippen LogP) is 2.88. The molecule has 1 N–H and O–H groups in total. The highest BCUT2D eigenvalue weighted by molar-refractivity contribution is 5.96. The van der Waals surface area contributed by atoms with Crippen LogP contribution in [0, 0.1) is 5.82 Å². The van der Waals surface area contributed by atoms with Crippen LogP contribution in [0.1, 0.15) is 27.9 Å². The van der Waals surface area contributed by atoms with Crippen molar-refractivity contribution in [2.75, 3.05) is 13.2 Å². The predicted molar refractivity (Wildman–Crippen MR) is 89.0 cm³/mol. The lowest BCUT2D eigenvalue weighted by atomic mass is 10.0. The molecule has 1 amide bonds. The molecule has 0 aromatic heterocycles. The zero-order valence-corrected chi connectivity index (χ0v) is 13.6. The van der Waals surface area contributed by atoms with Crippen LogP contribution in [0.4, 0.5) is 4.39 Å². The summed E-state index contributed by atoms with van der Waals surface area (Å²) in [6, 6.07) is 11.5. The molecule has 0 aliphatic carbocycles.